The van der Waals surface area contributed by atoms with E-state index < -0.39 is 5.79 Å². The third kappa shape index (κ3) is 4.56. The van der Waals surface area contributed by atoms with Crippen LogP contribution in [0.3, 0.4) is 0 Å². The Morgan fingerprint density at radius 1 is 1.12 bits per heavy atom. The fraction of sp³-hybridized carbons (Fsp3) is 0.632. The fourth-order valence-electron chi connectivity index (χ4n) is 3.69. The summed E-state index contributed by atoms with van der Waals surface area (Å²) in [7, 11) is 0. The Hall–Kier alpha value is -1.43. The van der Waals surface area contributed by atoms with Gasteiger partial charge in [0, 0.05) is 19.3 Å². The van der Waals surface area contributed by atoms with Gasteiger partial charge in [-0.3, -0.25) is 4.79 Å². The van der Waals surface area contributed by atoms with Crippen LogP contribution >= 0.6 is 0 Å². The summed E-state index contributed by atoms with van der Waals surface area (Å²) in [6, 6.07) is 9.15. The van der Waals surface area contributed by atoms with Crippen LogP contribution in [0.15, 0.2) is 30.3 Å². The molecule has 0 bridgehead atoms. The summed E-state index contributed by atoms with van der Waals surface area (Å²) >= 11 is 0. The molecule has 5 heteroatoms. The first-order chi connectivity index (χ1) is 11.7. The van der Waals surface area contributed by atoms with Crippen molar-refractivity contribution in [1.82, 2.24) is 0 Å². The van der Waals surface area contributed by atoms with Crippen LogP contribution in [0.1, 0.15) is 51.4 Å². The number of para-hydroxylation sites is 1. The first-order valence-corrected chi connectivity index (χ1v) is 9.00. The molecule has 1 aliphatic carbocycles. The van der Waals surface area contributed by atoms with Gasteiger partial charge in [0.2, 0.25) is 0 Å². The fourth-order valence-corrected chi connectivity index (χ4v) is 3.69. The van der Waals surface area contributed by atoms with Gasteiger partial charge >= 0.3 is 5.97 Å². The first-order valence-electron chi connectivity index (χ1n) is 9.00. The zero-order valence-corrected chi connectivity index (χ0v) is 14.1. The lowest BCUT2D eigenvalue weighted by molar-refractivity contribution is -0.328. The van der Waals surface area contributed by atoms with Crippen LogP contribution in [0.25, 0.3) is 0 Å². The van der Waals surface area contributed by atoms with E-state index in [4.69, 9.17) is 19.9 Å². The summed E-state index contributed by atoms with van der Waals surface area (Å²) in [6.45, 7) is 0.585. The highest BCUT2D eigenvalue weighted by Crippen LogP contribution is 2.40. The molecule has 24 heavy (non-hydrogen) atoms. The molecule has 1 heterocycles. The van der Waals surface area contributed by atoms with E-state index in [9.17, 15) is 4.79 Å². The lowest BCUT2D eigenvalue weighted by Gasteiger charge is -2.46. The second-order valence-electron chi connectivity index (χ2n) is 6.76. The zero-order valence-electron chi connectivity index (χ0n) is 14.1. The van der Waals surface area contributed by atoms with Crippen molar-refractivity contribution in [1.29, 1.82) is 0 Å². The highest BCUT2D eigenvalue weighted by atomic mass is 16.7. The summed E-state index contributed by atoms with van der Waals surface area (Å²) in [5, 5.41) is 0. The van der Waals surface area contributed by atoms with Gasteiger partial charge in [-0.05, 0) is 37.9 Å². The summed E-state index contributed by atoms with van der Waals surface area (Å²) in [5.41, 5.74) is 5.71. The topological polar surface area (TPSA) is 70.8 Å². The second-order valence-corrected chi connectivity index (χ2v) is 6.76. The van der Waals surface area contributed by atoms with Crippen molar-refractivity contribution < 1.29 is 19.0 Å². The van der Waals surface area contributed by atoms with Gasteiger partial charge in [-0.2, -0.15) is 0 Å². The maximum Gasteiger partial charge on any atom is 0.313 e. The van der Waals surface area contributed by atoms with Crippen molar-refractivity contribution >= 4 is 5.97 Å². The van der Waals surface area contributed by atoms with Crippen LogP contribution in [-0.4, -0.2) is 30.5 Å². The average Bonchev–Trinajstić information content (AvgIpc) is 2.56. The van der Waals surface area contributed by atoms with Crippen molar-refractivity contribution in [3.05, 3.63) is 30.3 Å². The smallest absolute Gasteiger partial charge is 0.313 e. The van der Waals surface area contributed by atoms with Gasteiger partial charge in [0.15, 0.2) is 5.79 Å². The number of rotatable bonds is 5. The van der Waals surface area contributed by atoms with Crippen molar-refractivity contribution in [3.8, 4) is 5.75 Å². The molecule has 2 aliphatic rings. The number of hydrogen-bond acceptors (Lipinski definition) is 5. The zero-order chi connectivity index (χ0) is 16.8. The Morgan fingerprint density at radius 3 is 2.54 bits per heavy atom. The number of benzene rings is 1. The number of hydrogen-bond donors (Lipinski definition) is 1. The third-order valence-electron chi connectivity index (χ3n) is 4.76. The lowest BCUT2D eigenvalue weighted by Crippen LogP contribution is -2.50. The van der Waals surface area contributed by atoms with E-state index in [0.29, 0.717) is 18.7 Å². The van der Waals surface area contributed by atoms with Crippen molar-refractivity contribution in [2.75, 3.05) is 6.54 Å². The Labute approximate surface area is 143 Å². The quantitative estimate of drug-likeness (QED) is 0.662. The first kappa shape index (κ1) is 17.4. The second kappa shape index (κ2) is 8.10. The van der Waals surface area contributed by atoms with E-state index in [0.717, 1.165) is 32.1 Å². The molecule has 0 aromatic heterocycles. The molecule has 132 valence electrons. The maximum atomic E-state index is 12.2. The Morgan fingerprint density at radius 2 is 1.83 bits per heavy atom. The molecule has 1 aliphatic heterocycles. The molecular weight excluding hydrogens is 306 g/mol. The predicted molar refractivity (Wildman–Crippen MR) is 90.5 cm³/mol. The van der Waals surface area contributed by atoms with Gasteiger partial charge < -0.3 is 19.9 Å². The summed E-state index contributed by atoms with van der Waals surface area (Å²) in [5.74, 6) is -0.209. The summed E-state index contributed by atoms with van der Waals surface area (Å²) in [4.78, 5) is 12.2. The summed E-state index contributed by atoms with van der Waals surface area (Å²) in [6.07, 6.45) is 6.89. The molecule has 1 aromatic carbocycles. The number of esters is 1. The molecule has 0 radical (unpaired) electrons. The van der Waals surface area contributed by atoms with Crippen molar-refractivity contribution in [3.63, 3.8) is 0 Å². The van der Waals surface area contributed by atoms with Gasteiger partial charge in [0.25, 0.3) is 0 Å². The minimum atomic E-state index is -0.520. The summed E-state index contributed by atoms with van der Waals surface area (Å²) < 4.78 is 17.9. The largest absolute Gasteiger partial charge is 0.426 e. The van der Waals surface area contributed by atoms with Gasteiger partial charge in [0.1, 0.15) is 5.75 Å². The normalized spacial score (nSPS) is 26.2. The van der Waals surface area contributed by atoms with Crippen LogP contribution in [0.4, 0.5) is 0 Å². The van der Waals surface area contributed by atoms with Crippen LogP contribution < -0.4 is 10.5 Å². The van der Waals surface area contributed by atoms with Crippen LogP contribution in [-0.2, 0) is 14.3 Å². The van der Waals surface area contributed by atoms with Crippen LogP contribution in [0.5, 0.6) is 5.75 Å². The average molecular weight is 333 g/mol. The Bertz CT molecular complexity index is 527. The minimum absolute atomic E-state index is 0.0661. The van der Waals surface area contributed by atoms with E-state index in [2.05, 4.69) is 0 Å². The standard InChI is InChI=1S/C19H27NO4/c20-12-9-16-13-17(24-19(23-16)10-5-2-6-11-19)14-18(21)22-15-7-3-1-4-8-15/h1,3-4,7-8,16-17H,2,5-6,9-14,20H2. The van der Waals surface area contributed by atoms with Crippen molar-refractivity contribution in [2.45, 2.75) is 69.4 Å². The van der Waals surface area contributed by atoms with Crippen LogP contribution in [0, 0.1) is 0 Å². The van der Waals surface area contributed by atoms with Crippen LogP contribution in [0.2, 0.25) is 0 Å². The molecule has 1 aromatic rings. The SMILES string of the molecule is NCCC1CC(CC(=O)Oc2ccccc2)OC2(CCCCC2)O1. The highest BCUT2D eigenvalue weighted by molar-refractivity contribution is 5.72. The van der Waals surface area contributed by atoms with E-state index in [1.165, 1.54) is 6.42 Å². The monoisotopic (exact) mass is 333 g/mol. The minimum Gasteiger partial charge on any atom is -0.426 e. The molecule has 2 atom stereocenters. The maximum absolute atomic E-state index is 12.2. The molecule has 2 N–H and O–H groups in total. The third-order valence-corrected chi connectivity index (χ3v) is 4.76. The molecular formula is C19H27NO4. The highest BCUT2D eigenvalue weighted by Gasteiger charge is 2.43. The molecule has 1 saturated carbocycles. The predicted octanol–water partition coefficient (Wildman–Crippen LogP) is 3.17. The molecule has 3 rings (SSSR count). The van der Waals surface area contributed by atoms with Gasteiger partial charge in [0.05, 0.1) is 18.6 Å². The van der Waals surface area contributed by atoms with E-state index in [1.807, 2.05) is 18.2 Å². The number of ether oxygens (including phenoxy) is 3. The van der Waals surface area contributed by atoms with Gasteiger partial charge in [-0.15, -0.1) is 0 Å². The van der Waals surface area contributed by atoms with E-state index >= 15 is 0 Å². The van der Waals surface area contributed by atoms with Crippen molar-refractivity contribution in [2.24, 2.45) is 5.73 Å². The number of carbonyl (C=O) groups excluding carboxylic acids is 1. The van der Waals surface area contributed by atoms with Gasteiger partial charge in [-0.25, -0.2) is 0 Å². The Balaban J connectivity index is 1.61. The molecule has 2 unspecified atom stereocenters. The molecule has 2 fully saturated rings. The molecule has 0 amide bonds. The molecule has 5 nitrogen and oxygen atoms in total. The van der Waals surface area contributed by atoms with E-state index in [-0.39, 0.29) is 24.6 Å². The molecule has 1 saturated heterocycles. The Kier molecular flexibility index (Phi) is 5.87. The molecule has 1 spiro atoms. The lowest BCUT2D eigenvalue weighted by atomic mass is 9.91. The number of nitrogens with two attached hydrogens (primary N) is 1. The van der Waals surface area contributed by atoms with E-state index in [1.54, 1.807) is 12.1 Å². The number of carbonyl (C=O) groups is 1. The van der Waals surface area contributed by atoms with Gasteiger partial charge in [-0.1, -0.05) is 24.6 Å².